The van der Waals surface area contributed by atoms with E-state index in [1.807, 2.05) is 0 Å². The van der Waals surface area contributed by atoms with Crippen LogP contribution < -0.4 is 5.32 Å². The van der Waals surface area contributed by atoms with Gasteiger partial charge in [-0.1, -0.05) is 25.7 Å². The molecule has 1 amide bonds. The highest BCUT2D eigenvalue weighted by Gasteiger charge is 2.22. The summed E-state index contributed by atoms with van der Waals surface area (Å²) in [5.41, 5.74) is 0. The normalized spacial score (nSPS) is 22.8. The van der Waals surface area contributed by atoms with E-state index in [4.69, 9.17) is 0 Å². The Bertz CT molecular complexity index is 220. The largest absolute Gasteiger partial charge is 0.355 e. The summed E-state index contributed by atoms with van der Waals surface area (Å²) in [6.45, 7) is 0.872. The number of rotatable bonds is 5. The summed E-state index contributed by atoms with van der Waals surface area (Å²) in [6.07, 6.45) is 10.3. The first kappa shape index (κ1) is 12.3. The van der Waals surface area contributed by atoms with Crippen molar-refractivity contribution in [3.63, 3.8) is 0 Å². The van der Waals surface area contributed by atoms with E-state index in [0.717, 1.165) is 30.4 Å². The molecule has 1 N–H and O–H groups in total. The lowest BCUT2D eigenvalue weighted by Crippen LogP contribution is -2.31. The average molecular weight is 241 g/mol. The van der Waals surface area contributed by atoms with Crippen LogP contribution in [0.2, 0.25) is 0 Å². The fourth-order valence-electron chi connectivity index (χ4n) is 2.79. The number of carbonyl (C=O) groups is 1. The number of carbonyl (C=O) groups excluding carboxylic acids is 1. The van der Waals surface area contributed by atoms with Gasteiger partial charge in [0.05, 0.1) is 0 Å². The molecule has 0 aliphatic heterocycles. The summed E-state index contributed by atoms with van der Waals surface area (Å²) in [6, 6.07) is 0. The standard InChI is InChI=1S/C13H23NOS/c15-13(11-5-1-2-6-11)14-9-10-16-12-7-3-4-8-12/h11-12H,1-10H2,(H,14,15). The highest BCUT2D eigenvalue weighted by atomic mass is 32.2. The van der Waals surface area contributed by atoms with E-state index >= 15 is 0 Å². The molecular weight excluding hydrogens is 218 g/mol. The van der Waals surface area contributed by atoms with E-state index in [9.17, 15) is 4.79 Å². The second-order valence-electron chi connectivity index (χ2n) is 5.05. The van der Waals surface area contributed by atoms with Crippen molar-refractivity contribution in [3.05, 3.63) is 0 Å². The third kappa shape index (κ3) is 3.69. The van der Waals surface area contributed by atoms with Gasteiger partial charge in [-0.3, -0.25) is 4.79 Å². The van der Waals surface area contributed by atoms with Crippen LogP contribution in [0.5, 0.6) is 0 Å². The SMILES string of the molecule is O=C(NCCSC1CCCC1)C1CCCC1. The summed E-state index contributed by atoms with van der Waals surface area (Å²) in [7, 11) is 0. The number of hydrogen-bond donors (Lipinski definition) is 1. The van der Waals surface area contributed by atoms with Crippen LogP contribution in [0.1, 0.15) is 51.4 Å². The van der Waals surface area contributed by atoms with Gasteiger partial charge in [-0.2, -0.15) is 11.8 Å². The van der Waals surface area contributed by atoms with Crippen molar-refractivity contribution in [2.45, 2.75) is 56.6 Å². The number of nitrogens with one attached hydrogen (secondary N) is 1. The maximum absolute atomic E-state index is 11.7. The molecule has 2 fully saturated rings. The summed E-state index contributed by atoms with van der Waals surface area (Å²) >= 11 is 2.05. The van der Waals surface area contributed by atoms with Crippen LogP contribution in [0, 0.1) is 5.92 Å². The van der Waals surface area contributed by atoms with Gasteiger partial charge in [-0.25, -0.2) is 0 Å². The lowest BCUT2D eigenvalue weighted by molar-refractivity contribution is -0.124. The molecule has 2 saturated carbocycles. The Labute approximate surface area is 103 Å². The molecule has 16 heavy (non-hydrogen) atoms. The minimum Gasteiger partial charge on any atom is -0.355 e. The van der Waals surface area contributed by atoms with Crippen LogP contribution in [0.4, 0.5) is 0 Å². The molecule has 0 heterocycles. The van der Waals surface area contributed by atoms with Gasteiger partial charge in [0, 0.05) is 23.5 Å². The Morgan fingerprint density at radius 1 is 1.06 bits per heavy atom. The van der Waals surface area contributed by atoms with Crippen LogP contribution >= 0.6 is 11.8 Å². The van der Waals surface area contributed by atoms with Crippen LogP contribution in [0.3, 0.4) is 0 Å². The Hall–Kier alpha value is -0.180. The van der Waals surface area contributed by atoms with Crippen molar-refractivity contribution in [2.75, 3.05) is 12.3 Å². The topological polar surface area (TPSA) is 29.1 Å². The summed E-state index contributed by atoms with van der Waals surface area (Å²) in [5.74, 6) is 1.74. The van der Waals surface area contributed by atoms with E-state index in [1.165, 1.54) is 38.5 Å². The zero-order valence-electron chi connectivity index (χ0n) is 10.0. The molecule has 0 unspecified atom stereocenters. The molecule has 0 bridgehead atoms. The van der Waals surface area contributed by atoms with E-state index < -0.39 is 0 Å². The molecule has 0 atom stereocenters. The Morgan fingerprint density at radius 3 is 2.38 bits per heavy atom. The highest BCUT2D eigenvalue weighted by Crippen LogP contribution is 2.29. The maximum Gasteiger partial charge on any atom is 0.223 e. The van der Waals surface area contributed by atoms with Gasteiger partial charge < -0.3 is 5.32 Å². The van der Waals surface area contributed by atoms with Crippen molar-refractivity contribution < 1.29 is 4.79 Å². The molecule has 0 radical (unpaired) electrons. The van der Waals surface area contributed by atoms with Gasteiger partial charge >= 0.3 is 0 Å². The van der Waals surface area contributed by atoms with E-state index in [2.05, 4.69) is 17.1 Å². The molecule has 92 valence electrons. The molecule has 2 nitrogen and oxygen atoms in total. The lowest BCUT2D eigenvalue weighted by atomic mass is 10.1. The average Bonchev–Trinajstić information content (AvgIpc) is 2.96. The van der Waals surface area contributed by atoms with Gasteiger partial charge in [0.2, 0.25) is 5.91 Å². The van der Waals surface area contributed by atoms with Crippen molar-refractivity contribution >= 4 is 17.7 Å². The Morgan fingerprint density at radius 2 is 1.69 bits per heavy atom. The van der Waals surface area contributed by atoms with Crippen molar-refractivity contribution in [1.82, 2.24) is 5.32 Å². The zero-order valence-corrected chi connectivity index (χ0v) is 10.9. The van der Waals surface area contributed by atoms with E-state index in [1.54, 1.807) is 0 Å². The van der Waals surface area contributed by atoms with E-state index in [0.29, 0.717) is 11.8 Å². The second kappa shape index (κ2) is 6.53. The molecule has 0 aromatic carbocycles. The first-order valence-electron chi connectivity index (χ1n) is 6.75. The number of amides is 1. The summed E-state index contributed by atoms with van der Waals surface area (Å²) in [4.78, 5) is 11.7. The monoisotopic (exact) mass is 241 g/mol. The smallest absolute Gasteiger partial charge is 0.223 e. The fraction of sp³-hybridized carbons (Fsp3) is 0.923. The van der Waals surface area contributed by atoms with Gasteiger partial charge in [0.15, 0.2) is 0 Å². The molecule has 3 heteroatoms. The van der Waals surface area contributed by atoms with Crippen LogP contribution in [0.15, 0.2) is 0 Å². The zero-order chi connectivity index (χ0) is 11.2. The summed E-state index contributed by atoms with van der Waals surface area (Å²) < 4.78 is 0. The van der Waals surface area contributed by atoms with Crippen LogP contribution in [0.25, 0.3) is 0 Å². The third-order valence-corrected chi connectivity index (χ3v) is 5.17. The van der Waals surface area contributed by atoms with Crippen molar-refractivity contribution in [1.29, 1.82) is 0 Å². The van der Waals surface area contributed by atoms with Gasteiger partial charge in [0.1, 0.15) is 0 Å². The quantitative estimate of drug-likeness (QED) is 0.750. The first-order valence-corrected chi connectivity index (χ1v) is 7.80. The van der Waals surface area contributed by atoms with Crippen molar-refractivity contribution in [2.24, 2.45) is 5.92 Å². The van der Waals surface area contributed by atoms with Gasteiger partial charge in [-0.15, -0.1) is 0 Å². The number of hydrogen-bond acceptors (Lipinski definition) is 2. The minimum atomic E-state index is 0.310. The maximum atomic E-state index is 11.7. The van der Waals surface area contributed by atoms with Crippen LogP contribution in [-0.2, 0) is 4.79 Å². The molecule has 2 aliphatic rings. The molecule has 0 saturated heterocycles. The molecule has 0 spiro atoms. The Balaban J connectivity index is 1.51. The molecule has 0 aromatic rings. The molecule has 2 rings (SSSR count). The molecule has 2 aliphatic carbocycles. The number of thioether (sulfide) groups is 1. The van der Waals surface area contributed by atoms with Gasteiger partial charge in [-0.05, 0) is 25.7 Å². The predicted octanol–water partition coefficient (Wildman–Crippen LogP) is 2.97. The summed E-state index contributed by atoms with van der Waals surface area (Å²) in [5, 5.41) is 3.97. The molecular formula is C13H23NOS. The highest BCUT2D eigenvalue weighted by molar-refractivity contribution is 7.99. The Kier molecular flexibility index (Phi) is 5.01. The lowest BCUT2D eigenvalue weighted by Gasteiger charge is -2.12. The fourth-order valence-corrected chi connectivity index (χ4v) is 4.01. The van der Waals surface area contributed by atoms with E-state index in [-0.39, 0.29) is 0 Å². The van der Waals surface area contributed by atoms with Crippen molar-refractivity contribution in [3.8, 4) is 0 Å². The van der Waals surface area contributed by atoms with Gasteiger partial charge in [0.25, 0.3) is 0 Å². The first-order chi connectivity index (χ1) is 7.86. The predicted molar refractivity (Wildman–Crippen MR) is 69.7 cm³/mol. The second-order valence-corrected chi connectivity index (χ2v) is 6.46. The molecule has 0 aromatic heterocycles. The minimum absolute atomic E-state index is 0.310. The van der Waals surface area contributed by atoms with Crippen LogP contribution in [-0.4, -0.2) is 23.5 Å². The third-order valence-electron chi connectivity index (χ3n) is 3.78.